The van der Waals surface area contributed by atoms with Gasteiger partial charge in [-0.05, 0) is 30.2 Å². The molecular weight excluding hydrogens is 367 g/mol. The minimum absolute atomic E-state index is 0. The molecule has 2 aliphatic rings. The van der Waals surface area contributed by atoms with Crippen LogP contribution in [0.4, 0.5) is 0 Å². The Morgan fingerprint density at radius 2 is 1.71 bits per heavy atom. The van der Waals surface area contributed by atoms with E-state index in [1.807, 2.05) is 30.3 Å². The Morgan fingerprint density at radius 3 is 2.42 bits per heavy atom. The van der Waals surface area contributed by atoms with Gasteiger partial charge < -0.3 is 0 Å². The first-order valence-electron chi connectivity index (χ1n) is 8.38. The maximum absolute atomic E-state index is 3.49. The Hall–Kier alpha value is -1.59. The largest absolute Gasteiger partial charge is 2.00 e. The standard InChI is InChI=1S/C18H15.C5H5.Zr/c1-2-8-13(7-1)18-16-11-5-3-9-14(16)15-10-4-6-12-17(15)18;1-2-4-5-3-1;/h1,3-7,9-11,13,18H,2,8H2;1-5H;/q2*-1;+2. The molecule has 0 radical (unpaired) electrons. The molecular formula is C23H20Zr. The summed E-state index contributed by atoms with van der Waals surface area (Å²) >= 11 is 0. The molecule has 116 valence electrons. The van der Waals surface area contributed by atoms with Crippen molar-refractivity contribution in [1.29, 1.82) is 0 Å². The second-order valence-electron chi connectivity index (χ2n) is 6.19. The van der Waals surface area contributed by atoms with Crippen LogP contribution >= 0.6 is 0 Å². The number of fused-ring (bicyclic) bond motifs is 3. The molecule has 0 amide bonds. The third kappa shape index (κ3) is 3.28. The summed E-state index contributed by atoms with van der Waals surface area (Å²) in [5.41, 5.74) is 5.69. The van der Waals surface area contributed by atoms with Gasteiger partial charge in [0.25, 0.3) is 0 Å². The zero-order chi connectivity index (χ0) is 15.5. The fourth-order valence-corrected chi connectivity index (χ4v) is 3.81. The Labute approximate surface area is 163 Å². The van der Waals surface area contributed by atoms with Crippen LogP contribution < -0.4 is 0 Å². The first-order valence-corrected chi connectivity index (χ1v) is 8.38. The van der Waals surface area contributed by atoms with Crippen molar-refractivity contribution in [3.8, 4) is 11.1 Å². The third-order valence-corrected chi connectivity index (χ3v) is 4.82. The van der Waals surface area contributed by atoms with Crippen molar-refractivity contribution in [1.82, 2.24) is 0 Å². The van der Waals surface area contributed by atoms with Crippen LogP contribution in [-0.2, 0) is 26.2 Å². The minimum atomic E-state index is 0. The molecule has 0 fully saturated rings. The molecule has 3 aromatic rings. The van der Waals surface area contributed by atoms with Crippen LogP contribution in [-0.4, -0.2) is 0 Å². The first-order chi connectivity index (χ1) is 11.4. The molecule has 0 heterocycles. The number of benzene rings is 2. The maximum Gasteiger partial charge on any atom is 2.00 e. The fourth-order valence-electron chi connectivity index (χ4n) is 3.81. The first kappa shape index (κ1) is 17.2. The van der Waals surface area contributed by atoms with Crippen LogP contribution in [0.15, 0.2) is 84.9 Å². The van der Waals surface area contributed by atoms with Gasteiger partial charge in [0, 0.05) is 0 Å². The van der Waals surface area contributed by atoms with E-state index in [2.05, 4.69) is 60.7 Å². The monoisotopic (exact) mass is 386 g/mol. The van der Waals surface area contributed by atoms with Crippen molar-refractivity contribution in [3.63, 3.8) is 0 Å². The number of allylic oxidation sites excluding steroid dienone is 2. The van der Waals surface area contributed by atoms with Crippen molar-refractivity contribution in [2.24, 2.45) is 5.92 Å². The van der Waals surface area contributed by atoms with Gasteiger partial charge in [0.05, 0.1) is 0 Å². The molecule has 0 aliphatic heterocycles. The average Bonchev–Trinajstić information content (AvgIpc) is 3.35. The van der Waals surface area contributed by atoms with Crippen molar-refractivity contribution in [3.05, 3.63) is 102 Å². The van der Waals surface area contributed by atoms with Crippen molar-refractivity contribution in [2.45, 2.75) is 18.8 Å². The molecule has 0 saturated heterocycles. The molecule has 0 nitrogen and oxygen atoms in total. The van der Waals surface area contributed by atoms with Gasteiger partial charge in [0.2, 0.25) is 0 Å². The van der Waals surface area contributed by atoms with Gasteiger partial charge in [0.15, 0.2) is 0 Å². The Kier molecular flexibility index (Phi) is 5.74. The molecule has 2 aliphatic carbocycles. The van der Waals surface area contributed by atoms with E-state index in [9.17, 15) is 0 Å². The van der Waals surface area contributed by atoms with Gasteiger partial charge >= 0.3 is 26.2 Å². The van der Waals surface area contributed by atoms with Gasteiger partial charge in [-0.15, -0.1) is 11.1 Å². The van der Waals surface area contributed by atoms with E-state index >= 15 is 0 Å². The van der Waals surface area contributed by atoms with Crippen LogP contribution in [0.2, 0.25) is 0 Å². The van der Waals surface area contributed by atoms with Gasteiger partial charge in [-0.25, -0.2) is 12.1 Å². The van der Waals surface area contributed by atoms with Gasteiger partial charge in [-0.3, -0.25) is 0 Å². The van der Waals surface area contributed by atoms with E-state index in [4.69, 9.17) is 0 Å². The summed E-state index contributed by atoms with van der Waals surface area (Å²) in [6.45, 7) is 0. The van der Waals surface area contributed by atoms with E-state index in [1.54, 1.807) is 0 Å². The summed E-state index contributed by atoms with van der Waals surface area (Å²) in [5.74, 6) is 1.18. The molecule has 2 unspecified atom stereocenters. The average molecular weight is 388 g/mol. The summed E-state index contributed by atoms with van der Waals surface area (Å²) in [6, 6.07) is 28.7. The smallest absolute Gasteiger partial charge is 0.214 e. The third-order valence-electron chi connectivity index (χ3n) is 4.82. The molecule has 24 heavy (non-hydrogen) atoms. The molecule has 3 aromatic carbocycles. The SMILES string of the molecule is [Zr+2].[c-]1cccc2c1C(C1C=CCC1)c1ccccc1-2.c1cc[cH-]c1. The minimum Gasteiger partial charge on any atom is -0.214 e. The number of rotatable bonds is 1. The van der Waals surface area contributed by atoms with E-state index in [0.29, 0.717) is 11.8 Å². The van der Waals surface area contributed by atoms with E-state index in [1.165, 1.54) is 35.1 Å². The molecule has 2 atom stereocenters. The predicted octanol–water partition coefficient (Wildman–Crippen LogP) is 5.97. The van der Waals surface area contributed by atoms with Crippen LogP contribution in [0, 0.1) is 12.0 Å². The second-order valence-corrected chi connectivity index (χ2v) is 6.19. The van der Waals surface area contributed by atoms with Gasteiger partial charge in [0.1, 0.15) is 0 Å². The van der Waals surface area contributed by atoms with Crippen LogP contribution in [0.1, 0.15) is 29.9 Å². The second kappa shape index (κ2) is 7.99. The molecule has 0 spiro atoms. The van der Waals surface area contributed by atoms with Crippen molar-refractivity contribution in [2.75, 3.05) is 0 Å². The molecule has 0 N–H and O–H groups in total. The summed E-state index contributed by atoms with van der Waals surface area (Å²) in [6.07, 6.45) is 7.23. The summed E-state index contributed by atoms with van der Waals surface area (Å²) < 4.78 is 0. The molecule has 0 aromatic heterocycles. The normalized spacial score (nSPS) is 19.7. The van der Waals surface area contributed by atoms with Crippen LogP contribution in [0.25, 0.3) is 11.1 Å². The summed E-state index contributed by atoms with van der Waals surface area (Å²) in [5, 5.41) is 0. The summed E-state index contributed by atoms with van der Waals surface area (Å²) in [7, 11) is 0. The van der Waals surface area contributed by atoms with E-state index in [-0.39, 0.29) is 26.2 Å². The Morgan fingerprint density at radius 1 is 0.917 bits per heavy atom. The molecule has 5 rings (SSSR count). The van der Waals surface area contributed by atoms with Gasteiger partial charge in [-0.2, -0.15) is 42.5 Å². The number of hydrogen-bond acceptors (Lipinski definition) is 0. The van der Waals surface area contributed by atoms with Crippen molar-refractivity contribution >= 4 is 0 Å². The summed E-state index contributed by atoms with van der Waals surface area (Å²) in [4.78, 5) is 0. The zero-order valence-electron chi connectivity index (χ0n) is 13.7. The van der Waals surface area contributed by atoms with Crippen molar-refractivity contribution < 1.29 is 26.2 Å². The Bertz CT molecular complexity index is 736. The van der Waals surface area contributed by atoms with Crippen LogP contribution in [0.3, 0.4) is 0 Å². The molecule has 1 heteroatoms. The van der Waals surface area contributed by atoms with E-state index in [0.717, 1.165) is 0 Å². The quantitative estimate of drug-likeness (QED) is 0.356. The van der Waals surface area contributed by atoms with Crippen LogP contribution in [0.5, 0.6) is 0 Å². The number of hydrogen-bond donors (Lipinski definition) is 0. The van der Waals surface area contributed by atoms with E-state index < -0.39 is 0 Å². The topological polar surface area (TPSA) is 0 Å². The molecule has 0 saturated carbocycles. The maximum atomic E-state index is 3.49. The fraction of sp³-hybridized carbons (Fsp3) is 0.174. The zero-order valence-corrected chi connectivity index (χ0v) is 16.1. The predicted molar refractivity (Wildman–Crippen MR) is 96.5 cm³/mol. The van der Waals surface area contributed by atoms with Gasteiger partial charge in [-0.1, -0.05) is 42.0 Å². The Balaban J connectivity index is 0.000000245. The molecule has 0 bridgehead atoms.